The second-order valence-electron chi connectivity index (χ2n) is 4.97. The summed E-state index contributed by atoms with van der Waals surface area (Å²) in [6.45, 7) is 1.17. The maximum atomic E-state index is 2.46. The Morgan fingerprint density at radius 2 is 2.06 bits per heavy atom. The van der Waals surface area contributed by atoms with Gasteiger partial charge < -0.3 is 4.90 Å². The van der Waals surface area contributed by atoms with E-state index >= 15 is 0 Å². The van der Waals surface area contributed by atoms with Gasteiger partial charge in [0.05, 0.1) is 0 Å². The molecule has 0 N–H and O–H groups in total. The smallest absolute Gasteiger partial charge is 0.0480 e. The van der Waals surface area contributed by atoms with E-state index in [0.717, 1.165) is 6.42 Å². The summed E-state index contributed by atoms with van der Waals surface area (Å²) >= 11 is 0. The van der Waals surface area contributed by atoms with Crippen molar-refractivity contribution < 1.29 is 0 Å². The van der Waals surface area contributed by atoms with Crippen molar-refractivity contribution in [3.63, 3.8) is 0 Å². The Hall–Kier alpha value is -1.76. The minimum atomic E-state index is 1.08. The Labute approximate surface area is 101 Å². The van der Waals surface area contributed by atoms with E-state index < -0.39 is 0 Å². The molecule has 0 unspecified atom stereocenters. The van der Waals surface area contributed by atoms with Crippen LogP contribution >= 0.6 is 0 Å². The van der Waals surface area contributed by atoms with Gasteiger partial charge in [0, 0.05) is 18.4 Å². The van der Waals surface area contributed by atoms with E-state index in [0.29, 0.717) is 0 Å². The van der Waals surface area contributed by atoms with E-state index in [1.165, 1.54) is 46.7 Å². The van der Waals surface area contributed by atoms with E-state index in [4.69, 9.17) is 0 Å². The highest BCUT2D eigenvalue weighted by Gasteiger charge is 2.24. The summed E-state index contributed by atoms with van der Waals surface area (Å²) in [5.41, 5.74) is 4.56. The second kappa shape index (κ2) is 3.36. The minimum absolute atomic E-state index is 1.08. The van der Waals surface area contributed by atoms with Gasteiger partial charge in [0.25, 0.3) is 0 Å². The first kappa shape index (κ1) is 9.29. The van der Waals surface area contributed by atoms with Gasteiger partial charge in [-0.2, -0.15) is 0 Å². The van der Waals surface area contributed by atoms with Crippen LogP contribution < -0.4 is 10.4 Å². The van der Waals surface area contributed by atoms with Crippen molar-refractivity contribution in [2.45, 2.75) is 19.3 Å². The van der Waals surface area contributed by atoms with Gasteiger partial charge in [0.1, 0.15) is 0 Å². The zero-order valence-corrected chi connectivity index (χ0v) is 9.82. The summed E-state index contributed by atoms with van der Waals surface area (Å²) in [4.78, 5) is 2.46. The van der Waals surface area contributed by atoms with Gasteiger partial charge in [-0.3, -0.25) is 0 Å². The predicted molar refractivity (Wildman–Crippen MR) is 70.3 cm³/mol. The number of hydrogen-bond donors (Lipinski definition) is 0. The van der Waals surface area contributed by atoms with Crippen molar-refractivity contribution in [2.24, 2.45) is 0 Å². The van der Waals surface area contributed by atoms with E-state index in [-0.39, 0.29) is 0 Å². The van der Waals surface area contributed by atoms with Crippen LogP contribution in [0.2, 0.25) is 0 Å². The fourth-order valence-corrected chi connectivity index (χ4v) is 3.22. The standard InChI is InChI=1S/C16H15N/c1-2-8-14-13(5-1)11-17-10-4-7-12-6-3-9-15(14)16(12)17/h1-3,5-6,8,11H,4,7,9-10H2. The molecule has 2 aliphatic heterocycles. The lowest BCUT2D eigenvalue weighted by Gasteiger charge is -2.35. The molecule has 0 fully saturated rings. The predicted octanol–water partition coefficient (Wildman–Crippen LogP) is 1.90. The number of benzene rings is 1. The van der Waals surface area contributed by atoms with E-state index in [1.807, 2.05) is 0 Å². The third kappa shape index (κ3) is 1.25. The Morgan fingerprint density at radius 3 is 3.06 bits per heavy atom. The Kier molecular flexibility index (Phi) is 1.84. The van der Waals surface area contributed by atoms with Gasteiger partial charge in [-0.25, -0.2) is 0 Å². The van der Waals surface area contributed by atoms with Crippen molar-refractivity contribution in [3.05, 3.63) is 58.1 Å². The minimum Gasteiger partial charge on any atom is -0.347 e. The number of nitrogens with zero attached hydrogens (tertiary/aromatic N) is 1. The summed E-state index contributed by atoms with van der Waals surface area (Å²) in [5.74, 6) is 0. The Morgan fingerprint density at radius 1 is 1.12 bits per heavy atom. The highest BCUT2D eigenvalue weighted by Crippen LogP contribution is 2.34. The second-order valence-corrected chi connectivity index (χ2v) is 4.97. The quantitative estimate of drug-likeness (QED) is 0.647. The normalized spacial score (nSPS) is 20.9. The van der Waals surface area contributed by atoms with Crippen LogP contribution in [-0.2, 0) is 0 Å². The Bertz CT molecular complexity index is 661. The molecule has 4 rings (SSSR count). The zero-order valence-electron chi connectivity index (χ0n) is 9.82. The Balaban J connectivity index is 2.14. The van der Waals surface area contributed by atoms with Crippen molar-refractivity contribution >= 4 is 11.8 Å². The summed E-state index contributed by atoms with van der Waals surface area (Å²) in [6.07, 6.45) is 10.6. The number of rotatable bonds is 0. The van der Waals surface area contributed by atoms with Crippen LogP contribution in [0, 0.1) is 0 Å². The lowest BCUT2D eigenvalue weighted by Crippen LogP contribution is -2.40. The topological polar surface area (TPSA) is 3.24 Å². The molecule has 1 heteroatoms. The van der Waals surface area contributed by atoms with Gasteiger partial charge in [0.15, 0.2) is 0 Å². The molecule has 0 amide bonds. The molecule has 1 nitrogen and oxygen atoms in total. The summed E-state index contributed by atoms with van der Waals surface area (Å²) in [6, 6.07) is 8.77. The van der Waals surface area contributed by atoms with Gasteiger partial charge in [-0.05, 0) is 40.8 Å². The van der Waals surface area contributed by atoms with Gasteiger partial charge in [0.2, 0.25) is 0 Å². The molecule has 1 aromatic carbocycles. The average molecular weight is 221 g/mol. The summed E-state index contributed by atoms with van der Waals surface area (Å²) < 4.78 is 0. The van der Waals surface area contributed by atoms with Crippen molar-refractivity contribution in [3.8, 4) is 0 Å². The third-order valence-corrected chi connectivity index (χ3v) is 3.94. The lowest BCUT2D eigenvalue weighted by molar-refractivity contribution is 0.464. The molecule has 0 aromatic heterocycles. The molecular formula is C16H15N. The van der Waals surface area contributed by atoms with Crippen LogP contribution in [0.3, 0.4) is 0 Å². The van der Waals surface area contributed by atoms with Gasteiger partial charge in [-0.1, -0.05) is 36.4 Å². The molecule has 1 aliphatic carbocycles. The maximum Gasteiger partial charge on any atom is 0.0480 e. The fraction of sp³-hybridized carbons (Fsp3) is 0.250. The zero-order chi connectivity index (χ0) is 11.2. The van der Waals surface area contributed by atoms with E-state index in [1.54, 1.807) is 0 Å². The molecule has 0 spiro atoms. The van der Waals surface area contributed by atoms with Crippen molar-refractivity contribution in [1.82, 2.24) is 4.90 Å². The molecular weight excluding hydrogens is 206 g/mol. The SMILES string of the molecule is C1=CC2=C3C(=c4ccccc4=CN3CCC2)C1. The van der Waals surface area contributed by atoms with Crippen LogP contribution in [0.15, 0.2) is 47.7 Å². The monoisotopic (exact) mass is 221 g/mol. The van der Waals surface area contributed by atoms with Gasteiger partial charge in [-0.15, -0.1) is 0 Å². The molecule has 0 radical (unpaired) electrons. The van der Waals surface area contributed by atoms with Crippen LogP contribution in [-0.4, -0.2) is 11.4 Å². The van der Waals surface area contributed by atoms with Crippen LogP contribution in [0.4, 0.5) is 0 Å². The summed E-state index contributed by atoms with van der Waals surface area (Å²) in [5, 5.41) is 2.81. The van der Waals surface area contributed by atoms with Crippen LogP contribution in [0.5, 0.6) is 0 Å². The molecule has 2 heterocycles. The molecule has 0 saturated carbocycles. The average Bonchev–Trinajstić information content (AvgIpc) is 2.39. The molecule has 1 aromatic rings. The number of fused-ring (bicyclic) bond motifs is 1. The van der Waals surface area contributed by atoms with E-state index in [2.05, 4.69) is 47.5 Å². The highest BCUT2D eigenvalue weighted by atomic mass is 15.1. The first-order chi connectivity index (χ1) is 8.43. The van der Waals surface area contributed by atoms with E-state index in [9.17, 15) is 0 Å². The third-order valence-electron chi connectivity index (χ3n) is 3.94. The van der Waals surface area contributed by atoms with Crippen molar-refractivity contribution in [1.29, 1.82) is 0 Å². The van der Waals surface area contributed by atoms with Crippen molar-refractivity contribution in [2.75, 3.05) is 6.54 Å². The molecule has 0 bridgehead atoms. The fourth-order valence-electron chi connectivity index (χ4n) is 3.22. The van der Waals surface area contributed by atoms with Gasteiger partial charge >= 0.3 is 0 Å². The highest BCUT2D eigenvalue weighted by molar-refractivity contribution is 5.73. The first-order valence-corrected chi connectivity index (χ1v) is 6.40. The molecule has 17 heavy (non-hydrogen) atoms. The largest absolute Gasteiger partial charge is 0.347 e. The first-order valence-electron chi connectivity index (χ1n) is 6.40. The lowest BCUT2D eigenvalue weighted by atomic mass is 9.88. The molecule has 84 valence electrons. The summed E-state index contributed by atoms with van der Waals surface area (Å²) in [7, 11) is 0. The maximum absolute atomic E-state index is 2.46. The molecule has 3 aliphatic rings. The van der Waals surface area contributed by atoms with Crippen LogP contribution in [0.1, 0.15) is 19.3 Å². The van der Waals surface area contributed by atoms with Crippen LogP contribution in [0.25, 0.3) is 11.8 Å². The molecule has 0 atom stereocenters. The number of allylic oxidation sites excluding steroid dienone is 4. The molecule has 0 saturated heterocycles. The number of hydrogen-bond acceptors (Lipinski definition) is 1.